The maximum absolute atomic E-state index is 12.7. The summed E-state index contributed by atoms with van der Waals surface area (Å²) in [5.74, 6) is 0.198. The Hall–Kier alpha value is -2.45. The van der Waals surface area contributed by atoms with Crippen LogP contribution in [0.2, 0.25) is 0 Å². The fourth-order valence-corrected chi connectivity index (χ4v) is 3.98. The number of rotatable bonds is 7. The van der Waals surface area contributed by atoms with Crippen LogP contribution in [-0.4, -0.2) is 32.5 Å². The van der Waals surface area contributed by atoms with E-state index in [1.54, 1.807) is 38.4 Å². The molecule has 0 fully saturated rings. The van der Waals surface area contributed by atoms with Crippen LogP contribution >= 0.6 is 0 Å². The van der Waals surface area contributed by atoms with Crippen molar-refractivity contribution in [2.45, 2.75) is 38.3 Å². The zero-order valence-electron chi connectivity index (χ0n) is 15.2. The number of methoxy groups -OCH3 is 1. The lowest BCUT2D eigenvalue weighted by molar-refractivity contribution is -0.122. The molecule has 0 spiro atoms. The van der Waals surface area contributed by atoms with Crippen molar-refractivity contribution in [3.63, 3.8) is 0 Å². The van der Waals surface area contributed by atoms with Crippen LogP contribution in [-0.2, 0) is 21.4 Å². The van der Waals surface area contributed by atoms with Gasteiger partial charge in [-0.05, 0) is 55.7 Å². The number of benzene rings is 1. The Morgan fingerprint density at radius 1 is 1.27 bits per heavy atom. The molecule has 140 valence electrons. The van der Waals surface area contributed by atoms with Gasteiger partial charge in [-0.2, -0.15) is 4.72 Å². The van der Waals surface area contributed by atoms with Crippen LogP contribution in [0.1, 0.15) is 23.6 Å². The largest absolute Gasteiger partial charge is 0.496 e. The van der Waals surface area contributed by atoms with Crippen LogP contribution < -0.4 is 14.8 Å². The van der Waals surface area contributed by atoms with Crippen molar-refractivity contribution in [2.75, 3.05) is 7.11 Å². The highest BCUT2D eigenvalue weighted by molar-refractivity contribution is 7.89. The number of carbonyl (C=O) groups is 1. The lowest BCUT2D eigenvalue weighted by Crippen LogP contribution is -2.44. The summed E-state index contributed by atoms with van der Waals surface area (Å²) in [5.41, 5.74) is 2.08. The van der Waals surface area contributed by atoms with Crippen LogP contribution in [0, 0.1) is 13.8 Å². The summed E-state index contributed by atoms with van der Waals surface area (Å²) < 4.78 is 32.9. The lowest BCUT2D eigenvalue weighted by atomic mass is 10.1. The normalized spacial score (nSPS) is 12.5. The molecule has 1 heterocycles. The van der Waals surface area contributed by atoms with Crippen LogP contribution in [0.25, 0.3) is 0 Å². The number of nitrogens with zero attached hydrogens (tertiary/aromatic N) is 1. The van der Waals surface area contributed by atoms with E-state index in [0.717, 1.165) is 5.56 Å². The van der Waals surface area contributed by atoms with E-state index in [-0.39, 0.29) is 11.4 Å². The van der Waals surface area contributed by atoms with Gasteiger partial charge in [0.25, 0.3) is 0 Å². The number of pyridine rings is 1. The standard InChI is InChI=1S/C18H23N3O4S/c1-12-9-17(13(2)8-16(12)25-4)26(23,24)21-14(3)18(22)20-11-15-6-5-7-19-10-15/h5-10,14,21H,11H2,1-4H3,(H,20,22)/t14-/m0/s1. The first-order valence-corrected chi connectivity index (χ1v) is 9.57. The third-order valence-corrected chi connectivity index (χ3v) is 5.58. The predicted molar refractivity (Wildman–Crippen MR) is 98.3 cm³/mol. The highest BCUT2D eigenvalue weighted by atomic mass is 32.2. The lowest BCUT2D eigenvalue weighted by Gasteiger charge is -2.17. The van der Waals surface area contributed by atoms with Crippen LogP contribution in [0.3, 0.4) is 0 Å². The van der Waals surface area contributed by atoms with E-state index in [0.29, 0.717) is 16.9 Å². The molecular weight excluding hydrogens is 354 g/mol. The molecule has 0 unspecified atom stereocenters. The average molecular weight is 377 g/mol. The highest BCUT2D eigenvalue weighted by Crippen LogP contribution is 2.25. The first kappa shape index (κ1) is 19.9. The Kier molecular flexibility index (Phi) is 6.33. The van der Waals surface area contributed by atoms with E-state index < -0.39 is 22.0 Å². The fraction of sp³-hybridized carbons (Fsp3) is 0.333. The number of hydrogen-bond acceptors (Lipinski definition) is 5. The van der Waals surface area contributed by atoms with Crippen molar-refractivity contribution < 1.29 is 17.9 Å². The molecule has 2 rings (SSSR count). The molecule has 1 aromatic heterocycles. The SMILES string of the molecule is COc1cc(C)c(S(=O)(=O)N[C@@H](C)C(=O)NCc2cccnc2)cc1C. The second-order valence-electron chi connectivity index (χ2n) is 6.01. The molecule has 1 amide bonds. The molecule has 0 radical (unpaired) electrons. The van der Waals surface area contributed by atoms with Crippen molar-refractivity contribution in [3.05, 3.63) is 53.3 Å². The first-order chi connectivity index (χ1) is 12.2. The number of amides is 1. The fourth-order valence-electron chi connectivity index (χ4n) is 2.47. The van der Waals surface area contributed by atoms with Crippen molar-refractivity contribution in [2.24, 2.45) is 0 Å². The van der Waals surface area contributed by atoms with Gasteiger partial charge in [0.2, 0.25) is 15.9 Å². The summed E-state index contributed by atoms with van der Waals surface area (Å²) in [6, 6.07) is 5.88. The number of carbonyl (C=O) groups excluding carboxylic acids is 1. The smallest absolute Gasteiger partial charge is 0.241 e. The Balaban J connectivity index is 2.08. The Bertz CT molecular complexity index is 883. The van der Waals surface area contributed by atoms with E-state index in [4.69, 9.17) is 4.74 Å². The molecule has 0 bridgehead atoms. The molecule has 8 heteroatoms. The van der Waals surface area contributed by atoms with Gasteiger partial charge in [0.1, 0.15) is 5.75 Å². The Morgan fingerprint density at radius 2 is 2.00 bits per heavy atom. The van der Waals surface area contributed by atoms with Crippen LogP contribution in [0.4, 0.5) is 0 Å². The molecule has 26 heavy (non-hydrogen) atoms. The molecule has 1 atom stereocenters. The number of hydrogen-bond donors (Lipinski definition) is 2. The van der Waals surface area contributed by atoms with Crippen molar-refractivity contribution in [1.82, 2.24) is 15.0 Å². The maximum atomic E-state index is 12.7. The van der Waals surface area contributed by atoms with Gasteiger partial charge < -0.3 is 10.1 Å². The molecule has 7 nitrogen and oxygen atoms in total. The molecule has 0 aliphatic rings. The van der Waals surface area contributed by atoms with E-state index in [1.807, 2.05) is 6.07 Å². The summed E-state index contributed by atoms with van der Waals surface area (Å²) in [5, 5.41) is 2.69. The van der Waals surface area contributed by atoms with Crippen molar-refractivity contribution in [1.29, 1.82) is 0 Å². The number of ether oxygens (including phenoxy) is 1. The predicted octanol–water partition coefficient (Wildman–Crippen LogP) is 1.69. The van der Waals surface area contributed by atoms with Gasteiger partial charge in [0.05, 0.1) is 18.0 Å². The van der Waals surface area contributed by atoms with E-state index >= 15 is 0 Å². The third kappa shape index (κ3) is 4.80. The topological polar surface area (TPSA) is 97.4 Å². The first-order valence-electron chi connectivity index (χ1n) is 8.09. The number of aromatic nitrogens is 1. The van der Waals surface area contributed by atoms with Gasteiger partial charge in [0, 0.05) is 18.9 Å². The van der Waals surface area contributed by atoms with Gasteiger partial charge in [-0.25, -0.2) is 8.42 Å². The maximum Gasteiger partial charge on any atom is 0.241 e. The molecule has 2 aromatic rings. The summed E-state index contributed by atoms with van der Waals surface area (Å²) in [7, 11) is -2.31. The second-order valence-corrected chi connectivity index (χ2v) is 7.69. The van der Waals surface area contributed by atoms with Gasteiger partial charge in [-0.3, -0.25) is 9.78 Å². The minimum absolute atomic E-state index is 0.128. The number of sulfonamides is 1. The molecule has 1 aromatic carbocycles. The zero-order valence-corrected chi connectivity index (χ0v) is 16.1. The monoisotopic (exact) mass is 377 g/mol. The molecule has 0 saturated carbocycles. The van der Waals surface area contributed by atoms with Gasteiger partial charge in [-0.1, -0.05) is 6.07 Å². The quantitative estimate of drug-likeness (QED) is 0.765. The molecule has 2 N–H and O–H groups in total. The summed E-state index contributed by atoms with van der Waals surface area (Å²) >= 11 is 0. The van der Waals surface area contributed by atoms with Gasteiger partial charge >= 0.3 is 0 Å². The molecule has 0 aliphatic carbocycles. The zero-order chi connectivity index (χ0) is 19.3. The van der Waals surface area contributed by atoms with Gasteiger partial charge in [0.15, 0.2) is 0 Å². The summed E-state index contributed by atoms with van der Waals surface area (Å²) in [4.78, 5) is 16.3. The Morgan fingerprint density at radius 3 is 2.62 bits per heavy atom. The van der Waals surface area contributed by atoms with Crippen LogP contribution in [0.5, 0.6) is 5.75 Å². The van der Waals surface area contributed by atoms with Crippen molar-refractivity contribution >= 4 is 15.9 Å². The third-order valence-electron chi connectivity index (χ3n) is 3.90. The second kappa shape index (κ2) is 8.29. The molecular formula is C18H23N3O4S. The van der Waals surface area contributed by atoms with E-state index in [1.165, 1.54) is 20.1 Å². The van der Waals surface area contributed by atoms with E-state index in [9.17, 15) is 13.2 Å². The van der Waals surface area contributed by atoms with Crippen LogP contribution in [0.15, 0.2) is 41.6 Å². The average Bonchev–Trinajstić information content (AvgIpc) is 2.61. The summed E-state index contributed by atoms with van der Waals surface area (Å²) in [6.07, 6.45) is 3.28. The minimum atomic E-state index is -3.84. The Labute approximate surface area is 153 Å². The number of aryl methyl sites for hydroxylation is 2. The minimum Gasteiger partial charge on any atom is -0.496 e. The van der Waals surface area contributed by atoms with Gasteiger partial charge in [-0.15, -0.1) is 0 Å². The molecule has 0 saturated heterocycles. The molecule has 0 aliphatic heterocycles. The number of nitrogens with one attached hydrogen (secondary N) is 2. The highest BCUT2D eigenvalue weighted by Gasteiger charge is 2.24. The summed E-state index contributed by atoms with van der Waals surface area (Å²) in [6.45, 7) is 5.23. The van der Waals surface area contributed by atoms with E-state index in [2.05, 4.69) is 15.0 Å². The van der Waals surface area contributed by atoms with Crippen molar-refractivity contribution in [3.8, 4) is 5.75 Å².